The highest BCUT2D eigenvalue weighted by atomic mass is 19.1. The molecule has 3 rings (SSSR count). The number of nitrogens with one attached hydrogen (secondary N) is 2. The number of benzene rings is 1. The molecule has 0 saturated carbocycles. The Balaban J connectivity index is 1.81. The number of rotatable bonds is 5. The lowest BCUT2D eigenvalue weighted by Crippen LogP contribution is -2.50. The monoisotopic (exact) mass is 374 g/mol. The number of allylic oxidation sites excluding steroid dienone is 1. The fraction of sp³-hybridized carbons (Fsp3) is 0.400. The van der Waals surface area contributed by atoms with Gasteiger partial charge in [0.05, 0.1) is 30.9 Å². The van der Waals surface area contributed by atoms with Gasteiger partial charge >= 0.3 is 0 Å². The SMILES string of the molecule is CC(C)=CCO[C@H]1CCOC[C@H]1NC(=O)c1cc(=O)[nH]c2ccc(F)cc12. The van der Waals surface area contributed by atoms with Gasteiger partial charge < -0.3 is 19.8 Å². The van der Waals surface area contributed by atoms with Crippen LogP contribution in [0.5, 0.6) is 0 Å². The molecule has 27 heavy (non-hydrogen) atoms. The summed E-state index contributed by atoms with van der Waals surface area (Å²) in [7, 11) is 0. The largest absolute Gasteiger partial charge is 0.379 e. The maximum absolute atomic E-state index is 13.6. The third-order valence-electron chi connectivity index (χ3n) is 4.46. The van der Waals surface area contributed by atoms with Crippen LogP contribution in [0.15, 0.2) is 40.7 Å². The summed E-state index contributed by atoms with van der Waals surface area (Å²) in [6.45, 7) is 5.32. The van der Waals surface area contributed by atoms with Crippen molar-refractivity contribution in [2.24, 2.45) is 0 Å². The molecule has 1 saturated heterocycles. The van der Waals surface area contributed by atoms with Crippen molar-refractivity contribution in [2.45, 2.75) is 32.4 Å². The van der Waals surface area contributed by atoms with Gasteiger partial charge in [-0.1, -0.05) is 11.6 Å². The van der Waals surface area contributed by atoms with E-state index in [2.05, 4.69) is 10.3 Å². The van der Waals surface area contributed by atoms with Gasteiger partial charge in [-0.15, -0.1) is 0 Å². The van der Waals surface area contributed by atoms with Crippen molar-refractivity contribution in [2.75, 3.05) is 19.8 Å². The van der Waals surface area contributed by atoms with Gasteiger partial charge in [-0.05, 0) is 38.5 Å². The number of fused-ring (bicyclic) bond motifs is 1. The lowest BCUT2D eigenvalue weighted by atomic mass is 10.0. The van der Waals surface area contributed by atoms with E-state index in [1.165, 1.54) is 24.3 Å². The van der Waals surface area contributed by atoms with Gasteiger partial charge in [-0.2, -0.15) is 0 Å². The van der Waals surface area contributed by atoms with E-state index in [1.54, 1.807) is 0 Å². The standard InChI is InChI=1S/C20H23FN2O4/c1-12(2)5-8-27-18-6-7-26-11-17(18)23-20(25)15-10-19(24)22-16-4-3-13(21)9-14(15)16/h3-5,9-10,17-18H,6-8,11H2,1-2H3,(H,22,24)(H,23,25)/t17-,18+/m1/s1. The van der Waals surface area contributed by atoms with Crippen LogP contribution in [0.1, 0.15) is 30.6 Å². The molecule has 144 valence electrons. The summed E-state index contributed by atoms with van der Waals surface area (Å²) in [4.78, 5) is 27.3. The van der Waals surface area contributed by atoms with E-state index in [1.807, 2.05) is 19.9 Å². The molecule has 0 unspecified atom stereocenters. The maximum Gasteiger partial charge on any atom is 0.252 e. The molecule has 2 aromatic rings. The number of H-pyrrole nitrogens is 1. The Bertz CT molecular complexity index is 918. The number of amides is 1. The first-order valence-electron chi connectivity index (χ1n) is 8.90. The Morgan fingerprint density at radius 2 is 2.22 bits per heavy atom. The summed E-state index contributed by atoms with van der Waals surface area (Å²) in [6.07, 6.45) is 2.44. The van der Waals surface area contributed by atoms with E-state index < -0.39 is 17.3 Å². The molecule has 1 aromatic carbocycles. The molecule has 1 aromatic heterocycles. The number of aromatic nitrogens is 1. The molecule has 1 amide bonds. The minimum absolute atomic E-state index is 0.127. The second kappa shape index (κ2) is 8.45. The number of halogens is 1. The summed E-state index contributed by atoms with van der Waals surface area (Å²) in [6, 6.07) is 4.75. The molecule has 2 N–H and O–H groups in total. The van der Waals surface area contributed by atoms with E-state index in [9.17, 15) is 14.0 Å². The van der Waals surface area contributed by atoms with Crippen molar-refractivity contribution in [3.63, 3.8) is 0 Å². The van der Waals surface area contributed by atoms with Gasteiger partial charge in [-0.25, -0.2) is 4.39 Å². The van der Waals surface area contributed by atoms with Crippen LogP contribution < -0.4 is 10.9 Å². The lowest BCUT2D eigenvalue weighted by molar-refractivity contribution is -0.0457. The average molecular weight is 374 g/mol. The second-order valence-corrected chi connectivity index (χ2v) is 6.83. The van der Waals surface area contributed by atoms with Crippen LogP contribution in [0, 0.1) is 5.82 Å². The van der Waals surface area contributed by atoms with E-state index in [0.29, 0.717) is 37.1 Å². The Kier molecular flexibility index (Phi) is 6.03. The fourth-order valence-corrected chi connectivity index (χ4v) is 3.05. The van der Waals surface area contributed by atoms with Gasteiger partial charge in [-0.3, -0.25) is 9.59 Å². The molecule has 1 fully saturated rings. The number of pyridine rings is 1. The van der Waals surface area contributed by atoms with Crippen LogP contribution in [-0.4, -0.2) is 42.9 Å². The third-order valence-corrected chi connectivity index (χ3v) is 4.46. The lowest BCUT2D eigenvalue weighted by Gasteiger charge is -2.32. The highest BCUT2D eigenvalue weighted by molar-refractivity contribution is 6.06. The topological polar surface area (TPSA) is 80.4 Å². The first kappa shape index (κ1) is 19.3. The summed E-state index contributed by atoms with van der Waals surface area (Å²) in [5, 5.41) is 3.23. The summed E-state index contributed by atoms with van der Waals surface area (Å²) < 4.78 is 25.0. The first-order chi connectivity index (χ1) is 12.9. The molecule has 0 spiro atoms. The number of carbonyl (C=O) groups is 1. The molecule has 2 atom stereocenters. The zero-order chi connectivity index (χ0) is 19.4. The van der Waals surface area contributed by atoms with Crippen LogP contribution in [0.25, 0.3) is 10.9 Å². The minimum Gasteiger partial charge on any atom is -0.379 e. The Hall–Kier alpha value is -2.51. The van der Waals surface area contributed by atoms with Gasteiger partial charge in [0, 0.05) is 23.6 Å². The van der Waals surface area contributed by atoms with E-state index >= 15 is 0 Å². The van der Waals surface area contributed by atoms with Crippen LogP contribution in [0.2, 0.25) is 0 Å². The summed E-state index contributed by atoms with van der Waals surface area (Å²) in [5.74, 6) is -0.935. The number of carbonyl (C=O) groups excluding carboxylic acids is 1. The third kappa shape index (κ3) is 4.81. The number of ether oxygens (including phenoxy) is 2. The van der Waals surface area contributed by atoms with Crippen molar-refractivity contribution >= 4 is 16.8 Å². The predicted octanol–water partition coefficient (Wildman–Crippen LogP) is 2.54. The van der Waals surface area contributed by atoms with Crippen molar-refractivity contribution in [3.05, 3.63) is 57.6 Å². The average Bonchev–Trinajstić information content (AvgIpc) is 2.62. The van der Waals surface area contributed by atoms with Crippen molar-refractivity contribution in [1.29, 1.82) is 0 Å². The molecular formula is C20H23FN2O4. The first-order valence-corrected chi connectivity index (χ1v) is 8.90. The molecular weight excluding hydrogens is 351 g/mol. The Morgan fingerprint density at radius 1 is 1.41 bits per heavy atom. The molecule has 1 aliphatic rings. The van der Waals surface area contributed by atoms with Gasteiger partial charge in [0.2, 0.25) is 5.56 Å². The quantitative estimate of drug-likeness (QED) is 0.788. The molecule has 2 heterocycles. The van der Waals surface area contributed by atoms with Crippen molar-refractivity contribution in [3.8, 4) is 0 Å². The molecule has 0 radical (unpaired) electrons. The highest BCUT2D eigenvalue weighted by Gasteiger charge is 2.28. The summed E-state index contributed by atoms with van der Waals surface area (Å²) in [5.41, 5.74) is 1.27. The van der Waals surface area contributed by atoms with Crippen LogP contribution in [-0.2, 0) is 9.47 Å². The maximum atomic E-state index is 13.6. The zero-order valence-corrected chi connectivity index (χ0v) is 15.4. The number of hydrogen-bond donors (Lipinski definition) is 2. The zero-order valence-electron chi connectivity index (χ0n) is 15.4. The molecule has 6 nitrogen and oxygen atoms in total. The summed E-state index contributed by atoms with van der Waals surface area (Å²) >= 11 is 0. The van der Waals surface area contributed by atoms with Crippen molar-refractivity contribution in [1.82, 2.24) is 10.3 Å². The minimum atomic E-state index is -0.479. The predicted molar refractivity (Wildman–Crippen MR) is 100 cm³/mol. The Labute approximate surface area is 156 Å². The van der Waals surface area contributed by atoms with Crippen LogP contribution >= 0.6 is 0 Å². The van der Waals surface area contributed by atoms with E-state index in [4.69, 9.17) is 9.47 Å². The van der Waals surface area contributed by atoms with Gasteiger partial charge in [0.1, 0.15) is 5.82 Å². The molecule has 7 heteroatoms. The van der Waals surface area contributed by atoms with Gasteiger partial charge in [0.15, 0.2) is 0 Å². The fourth-order valence-electron chi connectivity index (χ4n) is 3.05. The number of hydrogen-bond acceptors (Lipinski definition) is 4. The van der Waals surface area contributed by atoms with Crippen molar-refractivity contribution < 1.29 is 18.7 Å². The van der Waals surface area contributed by atoms with E-state index in [-0.39, 0.29) is 17.7 Å². The molecule has 0 bridgehead atoms. The van der Waals surface area contributed by atoms with Gasteiger partial charge in [0.25, 0.3) is 5.91 Å². The Morgan fingerprint density at radius 3 is 3.00 bits per heavy atom. The number of aromatic amines is 1. The van der Waals surface area contributed by atoms with E-state index in [0.717, 1.165) is 5.57 Å². The normalized spacial score (nSPS) is 19.7. The highest BCUT2D eigenvalue weighted by Crippen LogP contribution is 2.18. The van der Waals surface area contributed by atoms with Crippen LogP contribution in [0.3, 0.4) is 0 Å². The molecule has 0 aliphatic carbocycles. The smallest absolute Gasteiger partial charge is 0.252 e. The molecule has 1 aliphatic heterocycles. The van der Waals surface area contributed by atoms with Crippen LogP contribution in [0.4, 0.5) is 4.39 Å². The second-order valence-electron chi connectivity index (χ2n) is 6.83.